The van der Waals surface area contributed by atoms with E-state index in [-0.39, 0.29) is 0 Å². The Labute approximate surface area is 90.5 Å². The number of nitrogens with one attached hydrogen (secondary N) is 1. The van der Waals surface area contributed by atoms with Gasteiger partial charge in [-0.15, -0.1) is 0 Å². The molecule has 0 bridgehead atoms. The molecule has 1 aromatic carbocycles. The summed E-state index contributed by atoms with van der Waals surface area (Å²) in [7, 11) is 0. The van der Waals surface area contributed by atoms with Crippen molar-refractivity contribution in [1.82, 2.24) is 9.97 Å². The van der Waals surface area contributed by atoms with Crippen LogP contribution in [0.2, 0.25) is 0 Å². The summed E-state index contributed by atoms with van der Waals surface area (Å²) in [6.07, 6.45) is 0. The molecule has 0 aliphatic carbocycles. The Kier molecular flexibility index (Phi) is 2.35. The number of aromatic amines is 1. The lowest BCUT2D eigenvalue weighted by Gasteiger charge is -1.95. The van der Waals surface area contributed by atoms with Crippen LogP contribution in [-0.2, 0) is 0 Å². The molecule has 2 nitrogen and oxygen atoms in total. The number of hydrogen-bond acceptors (Lipinski definition) is 1. The van der Waals surface area contributed by atoms with Gasteiger partial charge in [-0.25, -0.2) is 4.98 Å². The molecule has 0 spiro atoms. The normalized spacial score (nSPS) is 10.3. The second kappa shape index (κ2) is 3.49. The molecule has 0 radical (unpaired) electrons. The van der Waals surface area contributed by atoms with Crippen molar-refractivity contribution >= 4 is 22.6 Å². The Morgan fingerprint density at radius 1 is 1.23 bits per heavy atom. The smallest absolute Gasteiger partial charge is 0.105 e. The minimum absolute atomic E-state index is 0.961. The van der Waals surface area contributed by atoms with Gasteiger partial charge < -0.3 is 4.98 Å². The molecule has 0 unspecified atom stereocenters. The molecule has 0 fully saturated rings. The van der Waals surface area contributed by atoms with Crippen LogP contribution in [0.15, 0.2) is 30.3 Å². The van der Waals surface area contributed by atoms with Crippen LogP contribution in [0, 0.1) is 10.6 Å². The average molecular weight is 284 g/mol. The van der Waals surface area contributed by atoms with Crippen LogP contribution in [0.25, 0.3) is 11.3 Å². The highest BCUT2D eigenvalue weighted by Crippen LogP contribution is 2.22. The van der Waals surface area contributed by atoms with Gasteiger partial charge in [0.25, 0.3) is 0 Å². The van der Waals surface area contributed by atoms with E-state index in [1.165, 1.54) is 0 Å². The van der Waals surface area contributed by atoms with Crippen molar-refractivity contribution in [2.24, 2.45) is 0 Å². The Morgan fingerprint density at radius 2 is 1.92 bits per heavy atom. The van der Waals surface area contributed by atoms with E-state index in [4.69, 9.17) is 0 Å². The van der Waals surface area contributed by atoms with Crippen molar-refractivity contribution in [2.45, 2.75) is 6.92 Å². The third-order valence-corrected chi connectivity index (χ3v) is 2.61. The molecule has 0 aliphatic rings. The summed E-state index contributed by atoms with van der Waals surface area (Å²) >= 11 is 2.27. The van der Waals surface area contributed by atoms with Crippen molar-refractivity contribution in [3.05, 3.63) is 39.9 Å². The Morgan fingerprint density at radius 3 is 2.46 bits per heavy atom. The van der Waals surface area contributed by atoms with Crippen LogP contribution >= 0.6 is 22.6 Å². The van der Waals surface area contributed by atoms with E-state index < -0.39 is 0 Å². The zero-order valence-electron chi connectivity index (χ0n) is 7.21. The van der Waals surface area contributed by atoms with E-state index in [2.05, 4.69) is 44.7 Å². The van der Waals surface area contributed by atoms with E-state index >= 15 is 0 Å². The van der Waals surface area contributed by atoms with Gasteiger partial charge in [-0.1, -0.05) is 30.3 Å². The molecule has 1 aromatic heterocycles. The number of rotatable bonds is 1. The third-order valence-electron chi connectivity index (χ3n) is 1.83. The first-order chi connectivity index (χ1) is 6.27. The SMILES string of the molecule is Cc1nc(-c2ccccc2)c(I)[nH]1. The first-order valence-electron chi connectivity index (χ1n) is 4.05. The summed E-state index contributed by atoms with van der Waals surface area (Å²) in [6.45, 7) is 1.97. The summed E-state index contributed by atoms with van der Waals surface area (Å²) in [4.78, 5) is 7.60. The molecule has 66 valence electrons. The second-order valence-corrected chi connectivity index (χ2v) is 3.93. The van der Waals surface area contributed by atoms with Gasteiger partial charge in [0.15, 0.2) is 0 Å². The van der Waals surface area contributed by atoms with E-state index in [1.807, 2.05) is 25.1 Å². The van der Waals surface area contributed by atoms with Crippen molar-refractivity contribution in [3.63, 3.8) is 0 Å². The highest BCUT2D eigenvalue weighted by molar-refractivity contribution is 14.1. The van der Waals surface area contributed by atoms with E-state index in [0.29, 0.717) is 0 Å². The number of nitrogens with zero attached hydrogens (tertiary/aromatic N) is 1. The largest absolute Gasteiger partial charge is 0.337 e. The molecular weight excluding hydrogens is 275 g/mol. The van der Waals surface area contributed by atoms with Crippen molar-refractivity contribution in [2.75, 3.05) is 0 Å². The molecule has 2 rings (SSSR count). The molecule has 3 heteroatoms. The highest BCUT2D eigenvalue weighted by Gasteiger charge is 2.06. The first-order valence-corrected chi connectivity index (χ1v) is 5.13. The van der Waals surface area contributed by atoms with Crippen molar-refractivity contribution in [1.29, 1.82) is 0 Å². The Balaban J connectivity index is 2.53. The van der Waals surface area contributed by atoms with Crippen LogP contribution in [0.1, 0.15) is 5.82 Å². The van der Waals surface area contributed by atoms with E-state index in [9.17, 15) is 0 Å². The van der Waals surface area contributed by atoms with Crippen LogP contribution in [0.4, 0.5) is 0 Å². The number of imidazole rings is 1. The zero-order valence-corrected chi connectivity index (χ0v) is 9.37. The maximum Gasteiger partial charge on any atom is 0.105 e. The third kappa shape index (κ3) is 1.75. The number of benzene rings is 1. The minimum atomic E-state index is 0.961. The molecule has 0 saturated carbocycles. The van der Waals surface area contributed by atoms with Gasteiger partial charge in [0.2, 0.25) is 0 Å². The maximum absolute atomic E-state index is 4.42. The lowest BCUT2D eigenvalue weighted by Crippen LogP contribution is -1.79. The number of halogens is 1. The fraction of sp³-hybridized carbons (Fsp3) is 0.100. The molecular formula is C10H9IN2. The molecule has 1 heterocycles. The minimum Gasteiger partial charge on any atom is -0.337 e. The van der Waals surface area contributed by atoms with Crippen LogP contribution in [0.5, 0.6) is 0 Å². The van der Waals surface area contributed by atoms with Gasteiger partial charge in [0.1, 0.15) is 15.2 Å². The summed E-state index contributed by atoms with van der Waals surface area (Å²) in [5.74, 6) is 0.961. The van der Waals surface area contributed by atoms with Gasteiger partial charge >= 0.3 is 0 Å². The monoisotopic (exact) mass is 284 g/mol. The quantitative estimate of drug-likeness (QED) is 0.801. The first kappa shape index (κ1) is 8.74. The molecule has 0 amide bonds. The maximum atomic E-state index is 4.42. The molecule has 0 aliphatic heterocycles. The molecule has 0 saturated heterocycles. The number of aryl methyl sites for hydroxylation is 1. The van der Waals surface area contributed by atoms with E-state index in [0.717, 1.165) is 20.8 Å². The summed E-state index contributed by atoms with van der Waals surface area (Å²) in [5.41, 5.74) is 2.20. The number of H-pyrrole nitrogens is 1. The Hall–Kier alpha value is -0.840. The fourth-order valence-corrected chi connectivity index (χ4v) is 2.07. The Bertz CT molecular complexity index is 406. The molecule has 1 N–H and O–H groups in total. The number of aromatic nitrogens is 2. The van der Waals surface area contributed by atoms with Crippen LogP contribution in [-0.4, -0.2) is 9.97 Å². The van der Waals surface area contributed by atoms with Gasteiger partial charge in [-0.05, 0) is 29.5 Å². The lowest BCUT2D eigenvalue weighted by atomic mass is 10.2. The average Bonchev–Trinajstić information content (AvgIpc) is 2.47. The second-order valence-electron chi connectivity index (χ2n) is 2.85. The molecule has 0 atom stereocenters. The molecule has 13 heavy (non-hydrogen) atoms. The van der Waals surface area contributed by atoms with Crippen LogP contribution in [0.3, 0.4) is 0 Å². The van der Waals surface area contributed by atoms with Gasteiger partial charge in [0.05, 0.1) is 0 Å². The zero-order chi connectivity index (χ0) is 9.26. The van der Waals surface area contributed by atoms with Crippen molar-refractivity contribution < 1.29 is 0 Å². The number of hydrogen-bond donors (Lipinski definition) is 1. The summed E-state index contributed by atoms with van der Waals surface area (Å²) in [6, 6.07) is 10.2. The predicted octanol–water partition coefficient (Wildman–Crippen LogP) is 2.99. The fourth-order valence-electron chi connectivity index (χ4n) is 1.25. The van der Waals surface area contributed by atoms with E-state index in [1.54, 1.807) is 0 Å². The topological polar surface area (TPSA) is 28.7 Å². The van der Waals surface area contributed by atoms with Gasteiger partial charge in [-0.3, -0.25) is 0 Å². The lowest BCUT2D eigenvalue weighted by molar-refractivity contribution is 1.14. The van der Waals surface area contributed by atoms with Crippen molar-refractivity contribution in [3.8, 4) is 11.3 Å². The summed E-state index contributed by atoms with van der Waals surface area (Å²) < 4.78 is 1.10. The van der Waals surface area contributed by atoms with Gasteiger partial charge in [-0.2, -0.15) is 0 Å². The van der Waals surface area contributed by atoms with Crippen LogP contribution < -0.4 is 0 Å². The standard InChI is InChI=1S/C10H9IN2/c1-7-12-9(10(11)13-7)8-5-3-2-4-6-8/h2-6H,1H3,(H,12,13). The predicted molar refractivity (Wildman–Crippen MR) is 61.5 cm³/mol. The van der Waals surface area contributed by atoms with Gasteiger partial charge in [0, 0.05) is 5.56 Å². The summed E-state index contributed by atoms with van der Waals surface area (Å²) in [5, 5.41) is 0. The molecule has 2 aromatic rings. The highest BCUT2D eigenvalue weighted by atomic mass is 127.